The number of carboxylic acids is 1. The first-order valence-electron chi connectivity index (χ1n) is 6.43. The van der Waals surface area contributed by atoms with Crippen LogP contribution in [0.2, 0.25) is 0 Å². The quantitative estimate of drug-likeness (QED) is 0.844. The van der Waals surface area contributed by atoms with E-state index in [4.69, 9.17) is 5.11 Å². The van der Waals surface area contributed by atoms with E-state index in [1.54, 1.807) is 28.6 Å². The SMILES string of the molecule is CS/C=C\C=C\n1ccc(C2=CCC(C(=O)O)=CC=C2)n1. The lowest BCUT2D eigenvalue weighted by molar-refractivity contribution is -0.132. The van der Waals surface area contributed by atoms with Crippen molar-refractivity contribution in [2.45, 2.75) is 6.42 Å². The van der Waals surface area contributed by atoms with Gasteiger partial charge in [-0.1, -0.05) is 30.4 Å². The molecular formula is C16H16N2O2S. The average Bonchev–Trinajstić information content (AvgIpc) is 2.79. The standard InChI is InChI=1S/C16H16N2O2S/c1-21-12-3-2-10-18-11-9-15(17-18)13-5-4-6-14(8-7-13)16(19)20/h2-7,9-12H,8H2,1H3,(H,19,20)/b10-2+,12-3-. The summed E-state index contributed by atoms with van der Waals surface area (Å²) in [6.45, 7) is 0. The third kappa shape index (κ3) is 4.36. The largest absolute Gasteiger partial charge is 0.478 e. The van der Waals surface area contributed by atoms with Crippen LogP contribution in [-0.4, -0.2) is 27.1 Å². The van der Waals surface area contributed by atoms with Gasteiger partial charge < -0.3 is 5.11 Å². The summed E-state index contributed by atoms with van der Waals surface area (Å²) >= 11 is 1.64. The van der Waals surface area contributed by atoms with Gasteiger partial charge in [-0.3, -0.25) is 0 Å². The number of rotatable bonds is 5. The maximum atomic E-state index is 11.0. The van der Waals surface area contributed by atoms with Crippen LogP contribution in [0.25, 0.3) is 11.8 Å². The first kappa shape index (κ1) is 15.1. The number of nitrogens with zero attached hydrogens (tertiary/aromatic N) is 2. The molecule has 0 spiro atoms. The first-order valence-corrected chi connectivity index (χ1v) is 7.72. The molecule has 1 aliphatic carbocycles. The van der Waals surface area contributed by atoms with Crippen LogP contribution in [0.4, 0.5) is 0 Å². The van der Waals surface area contributed by atoms with Crippen LogP contribution >= 0.6 is 11.8 Å². The Morgan fingerprint density at radius 2 is 2.33 bits per heavy atom. The molecule has 21 heavy (non-hydrogen) atoms. The van der Waals surface area contributed by atoms with Gasteiger partial charge in [0.1, 0.15) is 0 Å². The van der Waals surface area contributed by atoms with Crippen LogP contribution < -0.4 is 0 Å². The Kier molecular flexibility index (Phi) is 5.40. The van der Waals surface area contributed by atoms with E-state index < -0.39 is 5.97 Å². The van der Waals surface area contributed by atoms with E-state index in [1.807, 2.05) is 54.4 Å². The first-order chi connectivity index (χ1) is 10.2. The predicted molar refractivity (Wildman–Crippen MR) is 87.7 cm³/mol. The predicted octanol–water partition coefficient (Wildman–Crippen LogP) is 3.58. The Morgan fingerprint density at radius 1 is 1.48 bits per heavy atom. The second kappa shape index (κ2) is 7.50. The molecule has 0 aliphatic heterocycles. The molecule has 1 aliphatic rings. The smallest absolute Gasteiger partial charge is 0.331 e. The molecule has 5 heteroatoms. The molecule has 4 nitrogen and oxygen atoms in total. The summed E-state index contributed by atoms with van der Waals surface area (Å²) in [6.07, 6.45) is 17.1. The number of carbonyl (C=O) groups is 1. The highest BCUT2D eigenvalue weighted by Gasteiger charge is 2.09. The molecule has 0 atom stereocenters. The minimum Gasteiger partial charge on any atom is -0.478 e. The van der Waals surface area contributed by atoms with E-state index in [1.165, 1.54) is 0 Å². The number of thioether (sulfide) groups is 1. The highest BCUT2D eigenvalue weighted by atomic mass is 32.2. The highest BCUT2D eigenvalue weighted by Crippen LogP contribution is 2.19. The van der Waals surface area contributed by atoms with Crippen molar-refractivity contribution >= 4 is 29.5 Å². The van der Waals surface area contributed by atoms with Crippen molar-refractivity contribution in [1.29, 1.82) is 0 Å². The molecule has 0 aromatic carbocycles. The molecular weight excluding hydrogens is 284 g/mol. The van der Waals surface area contributed by atoms with Gasteiger partial charge in [0.2, 0.25) is 0 Å². The molecule has 0 unspecified atom stereocenters. The maximum absolute atomic E-state index is 11.0. The van der Waals surface area contributed by atoms with Crippen molar-refractivity contribution in [1.82, 2.24) is 9.78 Å². The van der Waals surface area contributed by atoms with Gasteiger partial charge in [-0.05, 0) is 35.8 Å². The zero-order chi connectivity index (χ0) is 15.1. The van der Waals surface area contributed by atoms with E-state index in [9.17, 15) is 4.79 Å². The Labute approximate surface area is 127 Å². The van der Waals surface area contributed by atoms with E-state index in [0.717, 1.165) is 11.3 Å². The summed E-state index contributed by atoms with van der Waals surface area (Å²) in [6, 6.07) is 1.91. The molecule has 1 aromatic heterocycles. The normalized spacial score (nSPS) is 15.3. The Morgan fingerprint density at radius 3 is 3.10 bits per heavy atom. The zero-order valence-corrected chi connectivity index (χ0v) is 12.5. The monoisotopic (exact) mass is 300 g/mol. The fourth-order valence-electron chi connectivity index (χ4n) is 1.81. The van der Waals surface area contributed by atoms with Crippen LogP contribution in [-0.2, 0) is 4.79 Å². The zero-order valence-electron chi connectivity index (χ0n) is 11.6. The molecule has 2 rings (SSSR count). The topological polar surface area (TPSA) is 55.1 Å². The van der Waals surface area contributed by atoms with Crippen LogP contribution in [0.3, 0.4) is 0 Å². The number of carboxylic acid groups (broad SMARTS) is 1. The summed E-state index contributed by atoms with van der Waals surface area (Å²) in [5.74, 6) is -0.883. The van der Waals surface area contributed by atoms with E-state index in [0.29, 0.717) is 12.0 Å². The number of hydrogen-bond acceptors (Lipinski definition) is 3. The highest BCUT2D eigenvalue weighted by molar-refractivity contribution is 8.01. The fourth-order valence-corrected chi connectivity index (χ4v) is 2.06. The molecule has 0 saturated heterocycles. The second-order valence-corrected chi connectivity index (χ2v) is 5.05. The lowest BCUT2D eigenvalue weighted by Gasteiger charge is -1.97. The van der Waals surface area contributed by atoms with Gasteiger partial charge in [0.25, 0.3) is 0 Å². The van der Waals surface area contributed by atoms with Crippen LogP contribution in [0, 0.1) is 0 Å². The van der Waals surface area contributed by atoms with E-state index in [2.05, 4.69) is 5.10 Å². The van der Waals surface area contributed by atoms with Crippen molar-refractivity contribution in [3.63, 3.8) is 0 Å². The van der Waals surface area contributed by atoms with Crippen LogP contribution in [0.1, 0.15) is 12.1 Å². The van der Waals surface area contributed by atoms with Crippen LogP contribution in [0.15, 0.2) is 59.7 Å². The van der Waals surface area contributed by atoms with Crippen molar-refractivity contribution in [2.75, 3.05) is 6.26 Å². The Hall–Kier alpha value is -2.27. The van der Waals surface area contributed by atoms with Gasteiger partial charge >= 0.3 is 5.97 Å². The Balaban J connectivity index is 2.10. The lowest BCUT2D eigenvalue weighted by Crippen LogP contribution is -1.98. The molecule has 0 amide bonds. The average molecular weight is 300 g/mol. The van der Waals surface area contributed by atoms with Crippen molar-refractivity contribution in [2.24, 2.45) is 0 Å². The maximum Gasteiger partial charge on any atom is 0.331 e. The summed E-state index contributed by atoms with van der Waals surface area (Å²) < 4.78 is 1.73. The summed E-state index contributed by atoms with van der Waals surface area (Å²) in [7, 11) is 0. The fraction of sp³-hybridized carbons (Fsp3) is 0.125. The molecule has 1 heterocycles. The van der Waals surface area contributed by atoms with Gasteiger partial charge in [0, 0.05) is 18.0 Å². The minimum atomic E-state index is -0.883. The van der Waals surface area contributed by atoms with Crippen LogP contribution in [0.5, 0.6) is 0 Å². The van der Waals surface area contributed by atoms with Gasteiger partial charge in [0.05, 0.1) is 5.69 Å². The number of allylic oxidation sites excluding steroid dienone is 7. The summed E-state index contributed by atoms with van der Waals surface area (Å²) in [5.41, 5.74) is 2.13. The molecule has 0 saturated carbocycles. The molecule has 1 N–H and O–H groups in total. The number of aliphatic carboxylic acids is 1. The van der Waals surface area contributed by atoms with Crippen molar-refractivity contribution in [3.8, 4) is 0 Å². The minimum absolute atomic E-state index is 0.378. The van der Waals surface area contributed by atoms with E-state index >= 15 is 0 Å². The number of hydrogen-bond donors (Lipinski definition) is 1. The van der Waals surface area contributed by atoms with Gasteiger partial charge in [0.15, 0.2) is 0 Å². The van der Waals surface area contributed by atoms with Gasteiger partial charge in [-0.2, -0.15) is 5.10 Å². The third-order valence-corrected chi connectivity index (χ3v) is 3.29. The van der Waals surface area contributed by atoms with Crippen molar-refractivity contribution < 1.29 is 9.90 Å². The molecule has 0 bridgehead atoms. The third-order valence-electron chi connectivity index (χ3n) is 2.86. The summed E-state index contributed by atoms with van der Waals surface area (Å²) in [4.78, 5) is 11.0. The number of aromatic nitrogens is 2. The van der Waals surface area contributed by atoms with Gasteiger partial charge in [-0.25, -0.2) is 9.48 Å². The van der Waals surface area contributed by atoms with E-state index in [-0.39, 0.29) is 0 Å². The molecule has 108 valence electrons. The molecule has 0 radical (unpaired) electrons. The summed E-state index contributed by atoms with van der Waals surface area (Å²) in [5, 5.41) is 15.4. The van der Waals surface area contributed by atoms with Crippen molar-refractivity contribution in [3.05, 3.63) is 65.4 Å². The molecule has 1 aromatic rings. The molecule has 0 fully saturated rings. The van der Waals surface area contributed by atoms with Gasteiger partial charge in [-0.15, -0.1) is 11.8 Å². The lowest BCUT2D eigenvalue weighted by atomic mass is 10.1. The Bertz CT molecular complexity index is 664. The second-order valence-electron chi connectivity index (χ2n) is 4.31.